The van der Waals surface area contributed by atoms with E-state index < -0.39 is 0 Å². The van der Waals surface area contributed by atoms with Gasteiger partial charge in [0, 0.05) is 24.2 Å². The Morgan fingerprint density at radius 3 is 2.90 bits per heavy atom. The Kier molecular flexibility index (Phi) is 4.13. The monoisotopic (exact) mass is 294 g/mol. The molecule has 1 amide bonds. The molecule has 0 spiro atoms. The Morgan fingerprint density at radius 2 is 2.15 bits per heavy atom. The third-order valence-electron chi connectivity index (χ3n) is 4.13. The van der Waals surface area contributed by atoms with E-state index in [1.54, 1.807) is 24.3 Å². The highest BCUT2D eigenvalue weighted by molar-refractivity contribution is 6.30. The molecular weight excluding hydrogens is 276 g/mol. The zero-order chi connectivity index (χ0) is 13.9. The zero-order valence-corrected chi connectivity index (χ0v) is 12.1. The number of ether oxygens (including phenoxy) is 1. The van der Waals surface area contributed by atoms with Crippen LogP contribution in [-0.2, 0) is 4.79 Å². The summed E-state index contributed by atoms with van der Waals surface area (Å²) >= 11 is 5.81. The zero-order valence-electron chi connectivity index (χ0n) is 11.3. The summed E-state index contributed by atoms with van der Waals surface area (Å²) in [4.78, 5) is 14.1. The third kappa shape index (κ3) is 3.07. The minimum Gasteiger partial charge on any atom is -0.484 e. The first-order valence-corrected chi connectivity index (χ1v) is 7.50. The number of halogens is 1. The maximum Gasteiger partial charge on any atom is 0.260 e. The molecule has 3 rings (SSSR count). The van der Waals surface area contributed by atoms with Gasteiger partial charge in [0.05, 0.1) is 0 Å². The number of carbonyl (C=O) groups is 1. The van der Waals surface area contributed by atoms with Gasteiger partial charge in [0.25, 0.3) is 5.91 Å². The van der Waals surface area contributed by atoms with Crippen LogP contribution in [0.25, 0.3) is 0 Å². The van der Waals surface area contributed by atoms with Gasteiger partial charge in [-0.2, -0.15) is 0 Å². The molecule has 0 aromatic heterocycles. The average molecular weight is 295 g/mol. The lowest BCUT2D eigenvalue weighted by Crippen LogP contribution is -2.41. The van der Waals surface area contributed by atoms with Crippen LogP contribution in [0.5, 0.6) is 5.75 Å². The van der Waals surface area contributed by atoms with Gasteiger partial charge in [0.2, 0.25) is 0 Å². The largest absolute Gasteiger partial charge is 0.484 e. The molecule has 1 aromatic rings. The smallest absolute Gasteiger partial charge is 0.260 e. The molecule has 2 aliphatic heterocycles. The van der Waals surface area contributed by atoms with Gasteiger partial charge in [-0.3, -0.25) is 4.79 Å². The molecule has 2 saturated heterocycles. The SMILES string of the molecule is O=C(COc1ccc(Cl)cc1)N1C[C@@H]2CCCN[C@@H]2C1. The van der Waals surface area contributed by atoms with E-state index in [0.717, 1.165) is 19.6 Å². The highest BCUT2D eigenvalue weighted by Crippen LogP contribution is 2.25. The van der Waals surface area contributed by atoms with Gasteiger partial charge in [-0.1, -0.05) is 11.6 Å². The summed E-state index contributed by atoms with van der Waals surface area (Å²) in [7, 11) is 0. The summed E-state index contributed by atoms with van der Waals surface area (Å²) < 4.78 is 5.52. The average Bonchev–Trinajstić information content (AvgIpc) is 2.90. The first kappa shape index (κ1) is 13.7. The van der Waals surface area contributed by atoms with Crippen LogP contribution in [0.1, 0.15) is 12.8 Å². The number of nitrogens with zero attached hydrogens (tertiary/aromatic N) is 1. The predicted octanol–water partition coefficient (Wildman–Crippen LogP) is 1.93. The lowest BCUT2D eigenvalue weighted by molar-refractivity contribution is -0.132. The number of carbonyl (C=O) groups excluding carboxylic acids is 1. The molecule has 2 atom stereocenters. The summed E-state index contributed by atoms with van der Waals surface area (Å²) in [5.74, 6) is 1.36. The molecule has 1 N–H and O–H groups in total. The molecule has 108 valence electrons. The van der Waals surface area contributed by atoms with Crippen molar-refractivity contribution in [3.63, 3.8) is 0 Å². The van der Waals surface area contributed by atoms with E-state index in [1.165, 1.54) is 12.8 Å². The van der Waals surface area contributed by atoms with Gasteiger partial charge >= 0.3 is 0 Å². The van der Waals surface area contributed by atoms with Gasteiger partial charge in [-0.25, -0.2) is 0 Å². The van der Waals surface area contributed by atoms with Gasteiger partial charge < -0.3 is 15.0 Å². The molecule has 0 unspecified atom stereocenters. The molecule has 0 bridgehead atoms. The number of likely N-dealkylation sites (tertiary alicyclic amines) is 1. The Bertz CT molecular complexity index is 463. The molecule has 20 heavy (non-hydrogen) atoms. The number of benzene rings is 1. The number of hydrogen-bond acceptors (Lipinski definition) is 3. The number of piperidine rings is 1. The van der Waals surface area contributed by atoms with Crippen LogP contribution in [0, 0.1) is 5.92 Å². The highest BCUT2D eigenvalue weighted by Gasteiger charge is 2.36. The van der Waals surface area contributed by atoms with Gasteiger partial charge in [-0.05, 0) is 49.6 Å². The first-order valence-electron chi connectivity index (χ1n) is 7.12. The normalized spacial score (nSPS) is 25.4. The van der Waals surface area contributed by atoms with Crippen LogP contribution in [0.15, 0.2) is 24.3 Å². The second kappa shape index (κ2) is 6.02. The van der Waals surface area contributed by atoms with E-state index in [4.69, 9.17) is 16.3 Å². The van der Waals surface area contributed by atoms with Crippen molar-refractivity contribution in [2.24, 2.45) is 5.92 Å². The summed E-state index contributed by atoms with van der Waals surface area (Å²) in [6.07, 6.45) is 2.43. The van der Waals surface area contributed by atoms with Crippen molar-refractivity contribution in [3.05, 3.63) is 29.3 Å². The van der Waals surface area contributed by atoms with Gasteiger partial charge in [-0.15, -0.1) is 0 Å². The maximum absolute atomic E-state index is 12.2. The van der Waals surface area contributed by atoms with Crippen molar-refractivity contribution >= 4 is 17.5 Å². The van der Waals surface area contributed by atoms with Crippen LogP contribution < -0.4 is 10.1 Å². The molecule has 2 aliphatic rings. The lowest BCUT2D eigenvalue weighted by atomic mass is 9.94. The van der Waals surface area contributed by atoms with Crippen LogP contribution in [0.2, 0.25) is 5.02 Å². The molecule has 0 saturated carbocycles. The standard InChI is InChI=1S/C15H19ClN2O2/c16-12-3-5-13(6-4-12)20-10-15(19)18-8-11-2-1-7-17-14(11)9-18/h3-6,11,14,17H,1-2,7-10H2/t11-,14+/m0/s1. The Hall–Kier alpha value is -1.26. The van der Waals surface area contributed by atoms with Gasteiger partial charge in [0.15, 0.2) is 6.61 Å². The van der Waals surface area contributed by atoms with E-state index in [-0.39, 0.29) is 12.5 Å². The topological polar surface area (TPSA) is 41.6 Å². The summed E-state index contributed by atoms with van der Waals surface area (Å²) in [5.41, 5.74) is 0. The van der Waals surface area contributed by atoms with E-state index in [1.807, 2.05) is 4.90 Å². The quantitative estimate of drug-likeness (QED) is 0.926. The molecule has 0 radical (unpaired) electrons. The van der Waals surface area contributed by atoms with Crippen molar-refractivity contribution in [2.45, 2.75) is 18.9 Å². The Labute approximate surface area is 124 Å². The fourth-order valence-electron chi connectivity index (χ4n) is 3.02. The minimum atomic E-state index is 0.0659. The fraction of sp³-hybridized carbons (Fsp3) is 0.533. The number of hydrogen-bond donors (Lipinski definition) is 1. The van der Waals surface area contributed by atoms with Crippen LogP contribution in [-0.4, -0.2) is 43.1 Å². The third-order valence-corrected chi connectivity index (χ3v) is 4.38. The first-order chi connectivity index (χ1) is 9.72. The minimum absolute atomic E-state index is 0.0659. The van der Waals surface area contributed by atoms with E-state index in [0.29, 0.717) is 22.7 Å². The summed E-state index contributed by atoms with van der Waals surface area (Å²) in [5, 5.41) is 4.16. The maximum atomic E-state index is 12.2. The molecule has 0 aliphatic carbocycles. The summed E-state index contributed by atoms with van der Waals surface area (Å²) in [6, 6.07) is 7.55. The number of nitrogens with one attached hydrogen (secondary N) is 1. The summed E-state index contributed by atoms with van der Waals surface area (Å²) in [6.45, 7) is 2.85. The number of amides is 1. The van der Waals surface area contributed by atoms with Crippen LogP contribution >= 0.6 is 11.6 Å². The fourth-order valence-corrected chi connectivity index (χ4v) is 3.14. The van der Waals surface area contributed by atoms with Crippen molar-refractivity contribution in [2.75, 3.05) is 26.2 Å². The number of rotatable bonds is 3. The van der Waals surface area contributed by atoms with Crippen LogP contribution in [0.4, 0.5) is 0 Å². The predicted molar refractivity (Wildman–Crippen MR) is 78.0 cm³/mol. The second-order valence-corrected chi connectivity index (χ2v) is 5.94. The molecule has 2 fully saturated rings. The van der Waals surface area contributed by atoms with Gasteiger partial charge in [0.1, 0.15) is 5.75 Å². The van der Waals surface area contributed by atoms with Crippen molar-refractivity contribution < 1.29 is 9.53 Å². The Morgan fingerprint density at radius 1 is 1.35 bits per heavy atom. The molecule has 4 nitrogen and oxygen atoms in total. The van der Waals surface area contributed by atoms with Crippen LogP contribution in [0.3, 0.4) is 0 Å². The van der Waals surface area contributed by atoms with E-state index in [2.05, 4.69) is 5.32 Å². The Balaban J connectivity index is 1.51. The van der Waals surface area contributed by atoms with E-state index in [9.17, 15) is 4.79 Å². The molecule has 5 heteroatoms. The second-order valence-electron chi connectivity index (χ2n) is 5.50. The van der Waals surface area contributed by atoms with Crippen molar-refractivity contribution in [1.29, 1.82) is 0 Å². The van der Waals surface area contributed by atoms with E-state index >= 15 is 0 Å². The number of fused-ring (bicyclic) bond motifs is 1. The molecule has 1 aromatic carbocycles. The lowest BCUT2D eigenvalue weighted by Gasteiger charge is -2.24. The molecular formula is C15H19ClN2O2. The molecule has 2 heterocycles. The highest BCUT2D eigenvalue weighted by atomic mass is 35.5. The van der Waals surface area contributed by atoms with Crippen molar-refractivity contribution in [3.8, 4) is 5.75 Å². The van der Waals surface area contributed by atoms with Crippen molar-refractivity contribution in [1.82, 2.24) is 10.2 Å².